The molecule has 0 radical (unpaired) electrons. The SMILES string of the molecule is OCCC1(O)CC=CC1. The molecule has 0 spiro atoms. The smallest absolute Gasteiger partial charge is 0.0738 e. The van der Waals surface area contributed by atoms with Crippen LogP contribution in [0.5, 0.6) is 0 Å². The summed E-state index contributed by atoms with van der Waals surface area (Å²) < 4.78 is 0. The Bertz CT molecular complexity index is 110. The summed E-state index contributed by atoms with van der Waals surface area (Å²) in [6, 6.07) is 0. The van der Waals surface area contributed by atoms with Crippen LogP contribution in [0.3, 0.4) is 0 Å². The van der Waals surface area contributed by atoms with E-state index in [1.807, 2.05) is 12.2 Å². The Labute approximate surface area is 54.8 Å². The van der Waals surface area contributed by atoms with Gasteiger partial charge in [0.1, 0.15) is 0 Å². The highest BCUT2D eigenvalue weighted by Crippen LogP contribution is 2.25. The molecule has 0 amide bonds. The lowest BCUT2D eigenvalue weighted by Gasteiger charge is -2.19. The second-order valence-corrected chi connectivity index (χ2v) is 2.58. The lowest BCUT2D eigenvalue weighted by molar-refractivity contribution is 0.0280. The lowest BCUT2D eigenvalue weighted by atomic mass is 9.98. The van der Waals surface area contributed by atoms with Gasteiger partial charge in [-0.05, 0) is 19.3 Å². The van der Waals surface area contributed by atoms with E-state index in [9.17, 15) is 5.11 Å². The average Bonchev–Trinajstić information content (AvgIpc) is 2.16. The predicted molar refractivity (Wildman–Crippen MR) is 35.0 cm³/mol. The van der Waals surface area contributed by atoms with Crippen molar-refractivity contribution < 1.29 is 10.2 Å². The zero-order valence-electron chi connectivity index (χ0n) is 5.38. The minimum Gasteiger partial charge on any atom is -0.396 e. The van der Waals surface area contributed by atoms with E-state index in [1.165, 1.54) is 0 Å². The summed E-state index contributed by atoms with van der Waals surface area (Å²) in [4.78, 5) is 0. The van der Waals surface area contributed by atoms with Crippen molar-refractivity contribution in [3.63, 3.8) is 0 Å². The first kappa shape index (κ1) is 6.78. The molecule has 0 aromatic carbocycles. The van der Waals surface area contributed by atoms with E-state index in [0.717, 1.165) is 0 Å². The fourth-order valence-corrected chi connectivity index (χ4v) is 1.10. The first-order valence-electron chi connectivity index (χ1n) is 3.25. The Kier molecular flexibility index (Phi) is 1.88. The number of hydrogen-bond acceptors (Lipinski definition) is 2. The Morgan fingerprint density at radius 2 is 1.89 bits per heavy atom. The second kappa shape index (κ2) is 2.50. The number of hydrogen-bond donors (Lipinski definition) is 2. The van der Waals surface area contributed by atoms with Gasteiger partial charge in [0, 0.05) is 6.61 Å². The van der Waals surface area contributed by atoms with Crippen molar-refractivity contribution in [3.8, 4) is 0 Å². The summed E-state index contributed by atoms with van der Waals surface area (Å²) in [5, 5.41) is 18.0. The monoisotopic (exact) mass is 128 g/mol. The standard InChI is InChI=1S/C7H12O2/c8-6-5-7(9)3-1-2-4-7/h1-2,8-9H,3-6H2. The van der Waals surface area contributed by atoms with Crippen LogP contribution in [0.25, 0.3) is 0 Å². The third kappa shape index (κ3) is 1.53. The van der Waals surface area contributed by atoms with E-state index in [2.05, 4.69) is 0 Å². The molecular weight excluding hydrogens is 116 g/mol. The van der Waals surface area contributed by atoms with Gasteiger partial charge in [-0.15, -0.1) is 0 Å². The summed E-state index contributed by atoms with van der Waals surface area (Å²) in [6.07, 6.45) is 5.81. The van der Waals surface area contributed by atoms with Crippen molar-refractivity contribution in [2.45, 2.75) is 24.9 Å². The largest absolute Gasteiger partial charge is 0.396 e. The van der Waals surface area contributed by atoms with Gasteiger partial charge in [-0.1, -0.05) is 12.2 Å². The summed E-state index contributed by atoms with van der Waals surface area (Å²) in [5.41, 5.74) is -0.616. The van der Waals surface area contributed by atoms with E-state index in [-0.39, 0.29) is 6.61 Å². The molecule has 9 heavy (non-hydrogen) atoms. The van der Waals surface area contributed by atoms with Crippen LogP contribution in [0, 0.1) is 0 Å². The normalized spacial score (nSPS) is 22.9. The van der Waals surface area contributed by atoms with Crippen LogP contribution in [0.2, 0.25) is 0 Å². The van der Waals surface area contributed by atoms with Crippen LogP contribution >= 0.6 is 0 Å². The summed E-state index contributed by atoms with van der Waals surface area (Å²) in [5.74, 6) is 0. The average molecular weight is 128 g/mol. The molecule has 2 N–H and O–H groups in total. The second-order valence-electron chi connectivity index (χ2n) is 2.58. The van der Waals surface area contributed by atoms with Gasteiger partial charge >= 0.3 is 0 Å². The van der Waals surface area contributed by atoms with Crippen molar-refractivity contribution in [2.75, 3.05) is 6.61 Å². The first-order valence-corrected chi connectivity index (χ1v) is 3.25. The van der Waals surface area contributed by atoms with Crippen molar-refractivity contribution in [1.82, 2.24) is 0 Å². The molecule has 1 aliphatic carbocycles. The molecule has 0 aromatic heterocycles. The third-order valence-corrected chi connectivity index (χ3v) is 1.74. The van der Waals surface area contributed by atoms with E-state index in [4.69, 9.17) is 5.11 Å². The third-order valence-electron chi connectivity index (χ3n) is 1.74. The first-order chi connectivity index (χ1) is 4.27. The number of rotatable bonds is 2. The van der Waals surface area contributed by atoms with E-state index in [0.29, 0.717) is 19.3 Å². The summed E-state index contributed by atoms with van der Waals surface area (Å²) >= 11 is 0. The van der Waals surface area contributed by atoms with Crippen LogP contribution < -0.4 is 0 Å². The Morgan fingerprint density at radius 3 is 2.33 bits per heavy atom. The molecule has 2 nitrogen and oxygen atoms in total. The topological polar surface area (TPSA) is 40.5 Å². The fourth-order valence-electron chi connectivity index (χ4n) is 1.10. The Hall–Kier alpha value is -0.340. The zero-order valence-corrected chi connectivity index (χ0v) is 5.38. The van der Waals surface area contributed by atoms with Gasteiger partial charge in [0.2, 0.25) is 0 Å². The van der Waals surface area contributed by atoms with Gasteiger partial charge in [0.15, 0.2) is 0 Å². The van der Waals surface area contributed by atoms with E-state index < -0.39 is 5.60 Å². The van der Waals surface area contributed by atoms with Gasteiger partial charge < -0.3 is 10.2 Å². The fraction of sp³-hybridized carbons (Fsp3) is 0.714. The molecule has 52 valence electrons. The molecule has 0 saturated carbocycles. The lowest BCUT2D eigenvalue weighted by Crippen LogP contribution is -2.25. The maximum atomic E-state index is 9.47. The molecule has 1 rings (SSSR count). The van der Waals surface area contributed by atoms with Crippen LogP contribution in [-0.4, -0.2) is 22.4 Å². The molecule has 0 aromatic rings. The minimum atomic E-state index is -0.616. The highest BCUT2D eigenvalue weighted by molar-refractivity contribution is 5.03. The summed E-state index contributed by atoms with van der Waals surface area (Å²) in [6.45, 7) is 0.0815. The molecular formula is C7H12O2. The van der Waals surface area contributed by atoms with E-state index in [1.54, 1.807) is 0 Å². The summed E-state index contributed by atoms with van der Waals surface area (Å²) in [7, 11) is 0. The molecule has 0 bridgehead atoms. The number of aliphatic hydroxyl groups excluding tert-OH is 1. The van der Waals surface area contributed by atoms with Gasteiger partial charge in [0.05, 0.1) is 5.60 Å². The molecule has 2 heteroatoms. The molecule has 0 fully saturated rings. The Morgan fingerprint density at radius 1 is 1.33 bits per heavy atom. The van der Waals surface area contributed by atoms with Crippen molar-refractivity contribution >= 4 is 0 Å². The zero-order chi connectivity index (χ0) is 6.74. The highest BCUT2D eigenvalue weighted by Gasteiger charge is 2.26. The van der Waals surface area contributed by atoms with E-state index >= 15 is 0 Å². The maximum Gasteiger partial charge on any atom is 0.0738 e. The Balaban J connectivity index is 2.36. The van der Waals surface area contributed by atoms with Crippen LogP contribution in [0.1, 0.15) is 19.3 Å². The quantitative estimate of drug-likeness (QED) is 0.530. The van der Waals surface area contributed by atoms with Crippen LogP contribution in [-0.2, 0) is 0 Å². The molecule has 0 aliphatic heterocycles. The van der Waals surface area contributed by atoms with Gasteiger partial charge in [-0.3, -0.25) is 0 Å². The van der Waals surface area contributed by atoms with Gasteiger partial charge in [0.25, 0.3) is 0 Å². The molecule has 0 saturated heterocycles. The van der Waals surface area contributed by atoms with Crippen molar-refractivity contribution in [2.24, 2.45) is 0 Å². The van der Waals surface area contributed by atoms with Gasteiger partial charge in [-0.2, -0.15) is 0 Å². The van der Waals surface area contributed by atoms with Crippen LogP contribution in [0.4, 0.5) is 0 Å². The molecule has 0 heterocycles. The van der Waals surface area contributed by atoms with Gasteiger partial charge in [-0.25, -0.2) is 0 Å². The van der Waals surface area contributed by atoms with Crippen molar-refractivity contribution in [3.05, 3.63) is 12.2 Å². The predicted octanol–water partition coefficient (Wildman–Crippen LogP) is 0.450. The minimum absolute atomic E-state index is 0.0815. The maximum absolute atomic E-state index is 9.47. The van der Waals surface area contributed by atoms with Crippen molar-refractivity contribution in [1.29, 1.82) is 0 Å². The molecule has 0 atom stereocenters. The number of aliphatic hydroxyl groups is 2. The highest BCUT2D eigenvalue weighted by atomic mass is 16.3. The molecule has 1 aliphatic rings. The molecule has 0 unspecified atom stereocenters. The van der Waals surface area contributed by atoms with Crippen LogP contribution in [0.15, 0.2) is 12.2 Å².